The van der Waals surface area contributed by atoms with E-state index in [2.05, 4.69) is 24.2 Å². The second-order valence-electron chi connectivity index (χ2n) is 6.88. The molecule has 1 aliphatic heterocycles. The highest BCUT2D eigenvalue weighted by Crippen LogP contribution is 2.15. The molecule has 0 N–H and O–H groups in total. The van der Waals surface area contributed by atoms with Crippen LogP contribution in [0, 0.1) is 5.92 Å². The summed E-state index contributed by atoms with van der Waals surface area (Å²) in [6.07, 6.45) is 1.88. The molecule has 3 rings (SSSR count). The first-order chi connectivity index (χ1) is 12.0. The third kappa shape index (κ3) is 4.22. The molecule has 0 bridgehead atoms. The van der Waals surface area contributed by atoms with E-state index in [1.165, 1.54) is 0 Å². The van der Waals surface area contributed by atoms with Crippen LogP contribution >= 0.6 is 0 Å². The summed E-state index contributed by atoms with van der Waals surface area (Å²) in [6.45, 7) is 6.23. The highest BCUT2D eigenvalue weighted by atomic mass is 16.5. The van der Waals surface area contributed by atoms with Crippen LogP contribution in [0.1, 0.15) is 26.7 Å². The summed E-state index contributed by atoms with van der Waals surface area (Å²) in [5.74, 6) is 0.409. The Kier molecular flexibility index (Phi) is 5.43. The van der Waals surface area contributed by atoms with Crippen LogP contribution in [0.15, 0.2) is 29.1 Å². The van der Waals surface area contributed by atoms with Crippen LogP contribution in [0.4, 0.5) is 0 Å². The number of rotatable bonds is 5. The van der Waals surface area contributed by atoms with E-state index in [-0.39, 0.29) is 24.1 Å². The van der Waals surface area contributed by atoms with Crippen LogP contribution in [0.25, 0.3) is 10.9 Å². The van der Waals surface area contributed by atoms with Gasteiger partial charge in [0, 0.05) is 19.7 Å². The number of carbonyl (C=O) groups excluding carboxylic acids is 1. The van der Waals surface area contributed by atoms with Gasteiger partial charge in [-0.05, 0) is 30.9 Å². The molecule has 0 saturated carbocycles. The number of fused-ring (bicyclic) bond motifs is 1. The Morgan fingerprint density at radius 2 is 2.00 bits per heavy atom. The lowest BCUT2D eigenvalue weighted by atomic mass is 10.1. The van der Waals surface area contributed by atoms with E-state index in [1.54, 1.807) is 29.2 Å². The Morgan fingerprint density at radius 1 is 1.28 bits per heavy atom. The quantitative estimate of drug-likeness (QED) is 0.820. The Balaban J connectivity index is 1.60. The van der Waals surface area contributed by atoms with Gasteiger partial charge in [0.2, 0.25) is 5.91 Å². The lowest BCUT2D eigenvalue weighted by Crippen LogP contribution is -2.44. The number of benzene rings is 1. The maximum Gasteiger partial charge on any atom is 0.278 e. The number of aromatic nitrogens is 3. The van der Waals surface area contributed by atoms with Gasteiger partial charge in [0.25, 0.3) is 5.56 Å². The SMILES string of the molecule is CC(C)COC1CCN(C(=O)Cn2nnc3ccccc3c2=O)CC1. The second-order valence-corrected chi connectivity index (χ2v) is 6.88. The molecule has 1 saturated heterocycles. The zero-order valence-electron chi connectivity index (χ0n) is 14.7. The van der Waals surface area contributed by atoms with Gasteiger partial charge in [-0.2, -0.15) is 0 Å². The van der Waals surface area contributed by atoms with Gasteiger partial charge >= 0.3 is 0 Å². The van der Waals surface area contributed by atoms with Crippen molar-refractivity contribution in [3.63, 3.8) is 0 Å². The molecular weight excluding hydrogens is 320 g/mol. The summed E-state index contributed by atoms with van der Waals surface area (Å²) in [4.78, 5) is 26.7. The molecule has 0 atom stereocenters. The van der Waals surface area contributed by atoms with Crippen LogP contribution in [0.5, 0.6) is 0 Å². The topological polar surface area (TPSA) is 77.3 Å². The van der Waals surface area contributed by atoms with Crippen molar-refractivity contribution >= 4 is 16.8 Å². The van der Waals surface area contributed by atoms with E-state index in [0.717, 1.165) is 24.1 Å². The van der Waals surface area contributed by atoms with Gasteiger partial charge < -0.3 is 9.64 Å². The van der Waals surface area contributed by atoms with Gasteiger partial charge in [-0.15, -0.1) is 5.10 Å². The third-order valence-electron chi connectivity index (χ3n) is 4.37. The minimum Gasteiger partial charge on any atom is -0.378 e. The number of carbonyl (C=O) groups is 1. The van der Waals surface area contributed by atoms with E-state index < -0.39 is 0 Å². The number of piperidine rings is 1. The molecule has 1 fully saturated rings. The van der Waals surface area contributed by atoms with Gasteiger partial charge in [-0.25, -0.2) is 4.68 Å². The number of likely N-dealkylation sites (tertiary alicyclic amines) is 1. The van der Waals surface area contributed by atoms with E-state index in [4.69, 9.17) is 4.74 Å². The van der Waals surface area contributed by atoms with Crippen LogP contribution in [-0.2, 0) is 16.1 Å². The van der Waals surface area contributed by atoms with Crippen LogP contribution < -0.4 is 5.56 Å². The van der Waals surface area contributed by atoms with Gasteiger partial charge in [0.15, 0.2) is 0 Å². The average molecular weight is 344 g/mol. The molecule has 1 aromatic heterocycles. The van der Waals surface area contributed by atoms with Crippen molar-refractivity contribution in [2.75, 3.05) is 19.7 Å². The third-order valence-corrected chi connectivity index (χ3v) is 4.37. The van der Waals surface area contributed by atoms with E-state index in [9.17, 15) is 9.59 Å². The molecule has 2 aromatic rings. The van der Waals surface area contributed by atoms with Gasteiger partial charge in [0.1, 0.15) is 12.1 Å². The zero-order chi connectivity index (χ0) is 17.8. The fourth-order valence-electron chi connectivity index (χ4n) is 2.96. The molecule has 7 nitrogen and oxygen atoms in total. The van der Waals surface area contributed by atoms with Crippen molar-refractivity contribution in [1.29, 1.82) is 0 Å². The molecule has 1 aromatic carbocycles. The van der Waals surface area contributed by atoms with Gasteiger partial charge in [-0.1, -0.05) is 31.2 Å². The minimum atomic E-state index is -0.283. The fourth-order valence-corrected chi connectivity index (χ4v) is 2.96. The smallest absolute Gasteiger partial charge is 0.278 e. The molecule has 2 heterocycles. The molecule has 0 aliphatic carbocycles. The largest absolute Gasteiger partial charge is 0.378 e. The number of nitrogens with zero attached hydrogens (tertiary/aromatic N) is 4. The predicted molar refractivity (Wildman–Crippen MR) is 94.2 cm³/mol. The maximum absolute atomic E-state index is 12.5. The Morgan fingerprint density at radius 3 is 2.72 bits per heavy atom. The van der Waals surface area contributed by atoms with Gasteiger partial charge in [-0.3, -0.25) is 9.59 Å². The van der Waals surface area contributed by atoms with Crippen molar-refractivity contribution in [2.24, 2.45) is 5.92 Å². The maximum atomic E-state index is 12.5. The number of hydrogen-bond donors (Lipinski definition) is 0. The summed E-state index contributed by atoms with van der Waals surface area (Å²) in [5.41, 5.74) is 0.258. The van der Waals surface area contributed by atoms with Crippen molar-refractivity contribution in [1.82, 2.24) is 19.9 Å². The van der Waals surface area contributed by atoms with Gasteiger partial charge in [0.05, 0.1) is 11.5 Å². The van der Waals surface area contributed by atoms with Crippen LogP contribution in [-0.4, -0.2) is 51.6 Å². The first-order valence-electron chi connectivity index (χ1n) is 8.76. The summed E-state index contributed by atoms with van der Waals surface area (Å²) in [7, 11) is 0. The summed E-state index contributed by atoms with van der Waals surface area (Å²) in [6, 6.07) is 7.01. The van der Waals surface area contributed by atoms with Crippen molar-refractivity contribution < 1.29 is 9.53 Å². The summed E-state index contributed by atoms with van der Waals surface area (Å²) >= 11 is 0. The molecule has 7 heteroatoms. The monoisotopic (exact) mass is 344 g/mol. The lowest BCUT2D eigenvalue weighted by molar-refractivity contribution is -0.134. The van der Waals surface area contributed by atoms with E-state index >= 15 is 0 Å². The molecule has 0 radical (unpaired) electrons. The first-order valence-corrected chi connectivity index (χ1v) is 8.76. The Labute approximate surface area is 146 Å². The highest BCUT2D eigenvalue weighted by Gasteiger charge is 2.24. The molecular formula is C18H24N4O3. The van der Waals surface area contributed by atoms with E-state index in [1.807, 2.05) is 0 Å². The predicted octanol–water partition coefficient (Wildman–Crippen LogP) is 1.46. The lowest BCUT2D eigenvalue weighted by Gasteiger charge is -2.32. The minimum absolute atomic E-state index is 0.0752. The standard InChI is InChI=1S/C18H24N4O3/c1-13(2)12-25-14-7-9-21(10-8-14)17(23)11-22-18(24)15-5-3-4-6-16(15)19-20-22/h3-6,13-14H,7-12H2,1-2H3. The molecule has 1 amide bonds. The number of amides is 1. The average Bonchev–Trinajstić information content (AvgIpc) is 2.63. The van der Waals surface area contributed by atoms with Crippen molar-refractivity contribution in [3.05, 3.63) is 34.6 Å². The normalized spacial score (nSPS) is 15.9. The van der Waals surface area contributed by atoms with Crippen LogP contribution in [0.3, 0.4) is 0 Å². The molecule has 0 unspecified atom stereocenters. The summed E-state index contributed by atoms with van der Waals surface area (Å²) in [5, 5.41) is 8.38. The molecule has 25 heavy (non-hydrogen) atoms. The number of ether oxygens (including phenoxy) is 1. The first kappa shape index (κ1) is 17.5. The van der Waals surface area contributed by atoms with E-state index in [0.29, 0.717) is 29.9 Å². The molecule has 134 valence electrons. The second kappa shape index (κ2) is 7.74. The Hall–Kier alpha value is -2.28. The fraction of sp³-hybridized carbons (Fsp3) is 0.556. The molecule has 0 spiro atoms. The van der Waals surface area contributed by atoms with Crippen molar-refractivity contribution in [3.8, 4) is 0 Å². The summed E-state index contributed by atoms with van der Waals surface area (Å²) < 4.78 is 6.99. The highest BCUT2D eigenvalue weighted by molar-refractivity contribution is 5.78. The van der Waals surface area contributed by atoms with Crippen LogP contribution in [0.2, 0.25) is 0 Å². The Bertz CT molecular complexity index is 794. The zero-order valence-corrected chi connectivity index (χ0v) is 14.7. The van der Waals surface area contributed by atoms with Crippen molar-refractivity contribution in [2.45, 2.75) is 39.3 Å². The molecule has 1 aliphatic rings. The number of hydrogen-bond acceptors (Lipinski definition) is 5.